The van der Waals surface area contributed by atoms with Gasteiger partial charge in [0, 0.05) is 12.1 Å². The van der Waals surface area contributed by atoms with Gasteiger partial charge in [0.25, 0.3) is 5.56 Å². The van der Waals surface area contributed by atoms with Gasteiger partial charge in [-0.3, -0.25) is 13.9 Å². The highest BCUT2D eigenvalue weighted by Crippen LogP contribution is 2.29. The zero-order chi connectivity index (χ0) is 24.1. The van der Waals surface area contributed by atoms with Gasteiger partial charge in [0.1, 0.15) is 16.7 Å². The molecule has 0 atom stereocenters. The average Bonchev–Trinajstić information content (AvgIpc) is 3.17. The number of aryl methyl sites for hydroxylation is 3. The normalized spacial score (nSPS) is 11.6. The first-order chi connectivity index (χ1) is 17.0. The first-order valence-electron chi connectivity index (χ1n) is 11.9. The summed E-state index contributed by atoms with van der Waals surface area (Å²) in [5.74, 6) is 0.740. The predicted octanol–water partition coefficient (Wildman–Crippen LogP) is 5.51. The molecule has 0 unspecified atom stereocenters. The van der Waals surface area contributed by atoms with Gasteiger partial charge < -0.3 is 0 Å². The van der Waals surface area contributed by atoms with Gasteiger partial charge in [-0.1, -0.05) is 55.5 Å². The summed E-state index contributed by atoms with van der Waals surface area (Å²) in [7, 11) is 0. The van der Waals surface area contributed by atoms with E-state index in [1.807, 2.05) is 66.1 Å². The second kappa shape index (κ2) is 8.17. The summed E-state index contributed by atoms with van der Waals surface area (Å²) in [4.78, 5) is 29.0. The summed E-state index contributed by atoms with van der Waals surface area (Å²) in [6.07, 6.45) is 0.634. The van der Waals surface area contributed by atoms with Crippen LogP contribution in [0.4, 0.5) is 0 Å². The Balaban J connectivity index is 1.76. The van der Waals surface area contributed by atoms with Crippen LogP contribution in [0.3, 0.4) is 0 Å². The number of benzene rings is 3. The first kappa shape index (κ1) is 21.2. The number of fused-ring (bicyclic) bond motifs is 4. The Morgan fingerprint density at radius 3 is 2.11 bits per heavy atom. The van der Waals surface area contributed by atoms with E-state index < -0.39 is 0 Å². The molecule has 6 heteroatoms. The molecule has 0 fully saturated rings. The Hall–Kier alpha value is -4.32. The highest BCUT2D eigenvalue weighted by atomic mass is 16.1. The van der Waals surface area contributed by atoms with Crippen LogP contribution in [-0.4, -0.2) is 24.1 Å². The van der Waals surface area contributed by atoms with Crippen LogP contribution in [0, 0.1) is 13.8 Å². The maximum absolute atomic E-state index is 14.1. The molecule has 3 aromatic heterocycles. The molecule has 0 N–H and O–H groups in total. The van der Waals surface area contributed by atoms with Crippen LogP contribution in [-0.2, 0) is 13.0 Å². The maximum atomic E-state index is 14.1. The SMILES string of the molecule is CCc1nc2c(c(=O)n1Cc1ccccc1)c1nc3ccccc3nc1n2-c1cc(C)cc(C)c1. The van der Waals surface area contributed by atoms with Crippen molar-refractivity contribution in [3.05, 3.63) is 106 Å². The molecular formula is C29H25N5O. The molecule has 3 aromatic carbocycles. The Morgan fingerprint density at radius 2 is 1.43 bits per heavy atom. The van der Waals surface area contributed by atoms with E-state index in [-0.39, 0.29) is 5.56 Å². The molecule has 0 aliphatic heterocycles. The van der Waals surface area contributed by atoms with Gasteiger partial charge in [0.05, 0.1) is 17.6 Å². The number of aromatic nitrogens is 5. The topological polar surface area (TPSA) is 65.6 Å². The highest BCUT2D eigenvalue weighted by molar-refractivity contribution is 6.05. The largest absolute Gasteiger partial charge is 0.291 e. The van der Waals surface area contributed by atoms with Crippen LogP contribution in [0.2, 0.25) is 0 Å². The minimum absolute atomic E-state index is 0.0894. The van der Waals surface area contributed by atoms with Crippen LogP contribution in [0.1, 0.15) is 29.4 Å². The summed E-state index contributed by atoms with van der Waals surface area (Å²) in [6, 6.07) is 24.1. The fourth-order valence-electron chi connectivity index (χ4n) is 4.89. The number of hydrogen-bond acceptors (Lipinski definition) is 4. The lowest BCUT2D eigenvalue weighted by Crippen LogP contribution is -2.26. The van der Waals surface area contributed by atoms with Gasteiger partial charge in [0.15, 0.2) is 11.3 Å². The molecule has 0 spiro atoms. The van der Waals surface area contributed by atoms with Crippen molar-refractivity contribution in [2.24, 2.45) is 0 Å². The van der Waals surface area contributed by atoms with Gasteiger partial charge in [-0.2, -0.15) is 0 Å². The van der Waals surface area contributed by atoms with Crippen molar-refractivity contribution in [3.8, 4) is 5.69 Å². The fourth-order valence-corrected chi connectivity index (χ4v) is 4.89. The lowest BCUT2D eigenvalue weighted by molar-refractivity contribution is 0.685. The maximum Gasteiger partial charge on any atom is 0.265 e. The van der Waals surface area contributed by atoms with Gasteiger partial charge in [-0.15, -0.1) is 0 Å². The summed E-state index contributed by atoms with van der Waals surface area (Å²) in [5.41, 5.74) is 7.55. The summed E-state index contributed by atoms with van der Waals surface area (Å²) < 4.78 is 3.78. The molecule has 6 aromatic rings. The van der Waals surface area contributed by atoms with Gasteiger partial charge in [-0.05, 0) is 54.8 Å². The van der Waals surface area contributed by atoms with E-state index in [4.69, 9.17) is 15.0 Å². The molecule has 35 heavy (non-hydrogen) atoms. The zero-order valence-electron chi connectivity index (χ0n) is 20.0. The number of nitrogens with zero attached hydrogens (tertiary/aromatic N) is 5. The second-order valence-electron chi connectivity index (χ2n) is 9.02. The lowest BCUT2D eigenvalue weighted by Gasteiger charge is -2.13. The van der Waals surface area contributed by atoms with Crippen molar-refractivity contribution in [3.63, 3.8) is 0 Å². The van der Waals surface area contributed by atoms with Crippen molar-refractivity contribution >= 4 is 33.2 Å². The molecule has 0 saturated heterocycles. The molecule has 0 saturated carbocycles. The molecular weight excluding hydrogens is 434 g/mol. The zero-order valence-corrected chi connectivity index (χ0v) is 20.0. The molecule has 0 amide bonds. The quantitative estimate of drug-likeness (QED) is 0.349. The molecule has 172 valence electrons. The highest BCUT2D eigenvalue weighted by Gasteiger charge is 2.23. The number of hydrogen-bond donors (Lipinski definition) is 0. The second-order valence-corrected chi connectivity index (χ2v) is 9.02. The third-order valence-corrected chi connectivity index (χ3v) is 6.41. The van der Waals surface area contributed by atoms with Crippen molar-refractivity contribution in [2.45, 2.75) is 33.7 Å². The Kier molecular flexibility index (Phi) is 4.95. The van der Waals surface area contributed by atoms with Crippen LogP contribution < -0.4 is 5.56 Å². The third-order valence-electron chi connectivity index (χ3n) is 6.41. The van der Waals surface area contributed by atoms with E-state index in [2.05, 4.69) is 32.0 Å². The molecule has 0 aliphatic rings. The minimum atomic E-state index is -0.0894. The summed E-state index contributed by atoms with van der Waals surface area (Å²) in [6.45, 7) is 6.64. The molecule has 0 aliphatic carbocycles. The van der Waals surface area contributed by atoms with Crippen molar-refractivity contribution < 1.29 is 0 Å². The smallest absolute Gasteiger partial charge is 0.265 e. The van der Waals surface area contributed by atoms with E-state index in [0.29, 0.717) is 35.2 Å². The number of rotatable bonds is 4. The van der Waals surface area contributed by atoms with Crippen LogP contribution in [0.25, 0.3) is 38.9 Å². The van der Waals surface area contributed by atoms with Gasteiger partial charge in [-0.25, -0.2) is 15.0 Å². The Morgan fingerprint density at radius 1 is 0.771 bits per heavy atom. The third kappa shape index (κ3) is 3.49. The van der Waals surface area contributed by atoms with E-state index in [1.165, 1.54) is 0 Å². The lowest BCUT2D eigenvalue weighted by atomic mass is 10.1. The minimum Gasteiger partial charge on any atom is -0.291 e. The van der Waals surface area contributed by atoms with Crippen molar-refractivity contribution in [1.82, 2.24) is 24.1 Å². The molecule has 0 bridgehead atoms. The van der Waals surface area contributed by atoms with Gasteiger partial charge >= 0.3 is 0 Å². The number of para-hydroxylation sites is 2. The molecule has 3 heterocycles. The summed E-state index contributed by atoms with van der Waals surface area (Å²) >= 11 is 0. The van der Waals surface area contributed by atoms with Crippen LogP contribution in [0.5, 0.6) is 0 Å². The Labute approximate surface area is 202 Å². The van der Waals surface area contributed by atoms with E-state index in [1.54, 1.807) is 4.57 Å². The first-order valence-corrected chi connectivity index (χ1v) is 11.9. The predicted molar refractivity (Wildman–Crippen MR) is 140 cm³/mol. The van der Waals surface area contributed by atoms with E-state index in [0.717, 1.165) is 39.2 Å². The average molecular weight is 460 g/mol. The van der Waals surface area contributed by atoms with Crippen LogP contribution >= 0.6 is 0 Å². The summed E-state index contributed by atoms with van der Waals surface area (Å²) in [5, 5.41) is 0.505. The monoisotopic (exact) mass is 459 g/mol. The van der Waals surface area contributed by atoms with E-state index >= 15 is 0 Å². The van der Waals surface area contributed by atoms with Crippen molar-refractivity contribution in [1.29, 1.82) is 0 Å². The van der Waals surface area contributed by atoms with Crippen molar-refractivity contribution in [2.75, 3.05) is 0 Å². The standard InChI is InChI=1S/C29H25N5O/c1-4-24-32-27-25(29(35)33(24)17-20-10-6-5-7-11-20)26-28(31-23-13-9-8-12-22(23)30-26)34(27)21-15-18(2)14-19(3)16-21/h5-16H,4,17H2,1-3H3. The Bertz CT molecular complexity index is 1780. The molecule has 6 nitrogen and oxygen atoms in total. The fraction of sp³-hybridized carbons (Fsp3) is 0.172. The molecule has 0 radical (unpaired) electrons. The van der Waals surface area contributed by atoms with Gasteiger partial charge in [0.2, 0.25) is 0 Å². The molecule has 6 rings (SSSR count). The van der Waals surface area contributed by atoms with E-state index in [9.17, 15) is 4.79 Å². The van der Waals surface area contributed by atoms with Crippen LogP contribution in [0.15, 0.2) is 77.6 Å².